The zero-order valence-corrected chi connectivity index (χ0v) is 33.7. The highest BCUT2D eigenvalue weighted by Gasteiger charge is 2.21. The van der Waals surface area contributed by atoms with E-state index >= 15 is 0 Å². The lowest BCUT2D eigenvalue weighted by atomic mass is 9.91. The zero-order valence-electron chi connectivity index (χ0n) is 32.9. The highest BCUT2D eigenvalue weighted by Crippen LogP contribution is 2.47. The van der Waals surface area contributed by atoms with Gasteiger partial charge in [0, 0.05) is 42.7 Å². The first-order valence-corrected chi connectivity index (χ1v) is 21.3. The van der Waals surface area contributed by atoms with Gasteiger partial charge in [0.15, 0.2) is 0 Å². The Kier molecular flexibility index (Phi) is 9.11. The smallest absolute Gasteiger partial charge is 0.0540 e. The summed E-state index contributed by atoms with van der Waals surface area (Å²) in [5.74, 6) is 0. The molecule has 0 atom stereocenters. The number of hydrogen-bond donors (Lipinski definition) is 0. The Morgan fingerprint density at radius 2 is 0.800 bits per heavy atom. The molecule has 0 saturated heterocycles. The molecule has 0 N–H and O–H groups in total. The summed E-state index contributed by atoms with van der Waals surface area (Å²) in [5, 5.41) is 5.10. The quantitative estimate of drug-likeness (QED) is 0.148. The molecule has 11 aromatic rings. The molecule has 0 unspecified atom stereocenters. The first-order valence-electron chi connectivity index (χ1n) is 20.5. The van der Waals surface area contributed by atoms with Crippen molar-refractivity contribution in [2.45, 2.75) is 0 Å². The fraction of sp³-hybridized carbons (Fsp3) is 0. The van der Waals surface area contributed by atoms with Crippen molar-refractivity contribution in [1.29, 1.82) is 0 Å². The second-order valence-corrected chi connectivity index (χ2v) is 16.3. The van der Waals surface area contributed by atoms with E-state index in [0.29, 0.717) is 0 Å². The zero-order chi connectivity index (χ0) is 39.8. The molecule has 0 aliphatic rings. The minimum absolute atomic E-state index is 1.09. The average Bonchev–Trinajstić information content (AvgIpc) is 3.72. The Hall–Kier alpha value is -7.52. The predicted octanol–water partition coefficient (Wildman–Crippen LogP) is 17.0. The van der Waals surface area contributed by atoms with E-state index in [1.54, 1.807) is 0 Å². The summed E-state index contributed by atoms with van der Waals surface area (Å²) >= 11 is 1.88. The van der Waals surface area contributed by atoms with Crippen LogP contribution >= 0.6 is 11.3 Å². The molecule has 1 aromatic heterocycles. The van der Waals surface area contributed by atoms with Crippen molar-refractivity contribution in [3.05, 3.63) is 237 Å². The Morgan fingerprint density at radius 3 is 1.60 bits per heavy atom. The third-order valence-electron chi connectivity index (χ3n) is 11.7. The van der Waals surface area contributed by atoms with Crippen LogP contribution < -0.4 is 4.90 Å². The van der Waals surface area contributed by atoms with Crippen LogP contribution in [0.5, 0.6) is 0 Å². The molecule has 1 heterocycles. The molecule has 0 aliphatic carbocycles. The van der Waals surface area contributed by atoms with Crippen molar-refractivity contribution in [1.82, 2.24) is 0 Å². The first-order chi connectivity index (χ1) is 29.8. The summed E-state index contributed by atoms with van der Waals surface area (Å²) in [4.78, 5) is 2.44. The fourth-order valence-corrected chi connectivity index (χ4v) is 10.0. The normalized spacial score (nSPS) is 11.3. The van der Waals surface area contributed by atoms with Crippen LogP contribution in [-0.2, 0) is 0 Å². The number of para-hydroxylation sites is 1. The van der Waals surface area contributed by atoms with Crippen molar-refractivity contribution >= 4 is 59.3 Å². The van der Waals surface area contributed by atoms with E-state index < -0.39 is 0 Å². The highest BCUT2D eigenvalue weighted by molar-refractivity contribution is 7.26. The number of thiophene rings is 1. The van der Waals surface area contributed by atoms with Crippen LogP contribution in [0.3, 0.4) is 0 Å². The van der Waals surface area contributed by atoms with E-state index in [0.717, 1.165) is 17.1 Å². The fourth-order valence-electron chi connectivity index (χ4n) is 8.81. The lowest BCUT2D eigenvalue weighted by molar-refractivity contribution is 1.28. The van der Waals surface area contributed by atoms with E-state index in [4.69, 9.17) is 0 Å². The monoisotopic (exact) mass is 781 g/mol. The van der Waals surface area contributed by atoms with E-state index in [1.807, 2.05) is 11.3 Å². The summed E-state index contributed by atoms with van der Waals surface area (Å²) in [5.41, 5.74) is 15.4. The van der Waals surface area contributed by atoms with Crippen LogP contribution in [0.1, 0.15) is 0 Å². The van der Waals surface area contributed by atoms with Gasteiger partial charge in [-0.15, -0.1) is 11.3 Å². The molecule has 0 radical (unpaired) electrons. The van der Waals surface area contributed by atoms with Crippen molar-refractivity contribution in [3.63, 3.8) is 0 Å². The second-order valence-electron chi connectivity index (χ2n) is 15.2. The molecule has 1 nitrogen and oxygen atoms in total. The Labute approximate surface area is 354 Å². The van der Waals surface area contributed by atoms with Gasteiger partial charge in [0.2, 0.25) is 0 Å². The van der Waals surface area contributed by atoms with Crippen molar-refractivity contribution in [2.75, 3.05) is 4.90 Å². The molecule has 11 rings (SSSR count). The van der Waals surface area contributed by atoms with E-state index in [-0.39, 0.29) is 0 Å². The van der Waals surface area contributed by atoms with Gasteiger partial charge in [-0.25, -0.2) is 0 Å². The standard InChI is InChI=1S/C58H39NS/c1-2-15-40(16-3-1)41-31-33-42(34-32-41)43-35-37-46(38-36-43)59(56-29-10-8-24-52(56)54-27-14-28-55-53-25-9-11-30-57(53)60-58(54)55)47-20-12-19-45(39-47)49-22-6-7-23-50(49)51-26-13-18-44-17-4-5-21-48(44)51/h1-39H. The summed E-state index contributed by atoms with van der Waals surface area (Å²) < 4.78 is 2.61. The largest absolute Gasteiger partial charge is 0.310 e. The topological polar surface area (TPSA) is 3.24 Å². The molecule has 0 bridgehead atoms. The second kappa shape index (κ2) is 15.3. The molecule has 10 aromatic carbocycles. The Morgan fingerprint density at radius 1 is 0.283 bits per heavy atom. The minimum atomic E-state index is 1.09. The third kappa shape index (κ3) is 6.44. The number of rotatable bonds is 8. The molecular formula is C58H39NS. The molecule has 2 heteroatoms. The number of fused-ring (bicyclic) bond motifs is 4. The van der Waals surface area contributed by atoms with Crippen LogP contribution in [0, 0.1) is 0 Å². The minimum Gasteiger partial charge on any atom is -0.310 e. The van der Waals surface area contributed by atoms with Gasteiger partial charge in [0.05, 0.1) is 5.69 Å². The molecule has 0 spiro atoms. The summed E-state index contributed by atoms with van der Waals surface area (Å²) in [6, 6.07) is 86.1. The van der Waals surface area contributed by atoms with Crippen LogP contribution in [0.25, 0.3) is 86.6 Å². The lowest BCUT2D eigenvalue weighted by Gasteiger charge is -2.29. The molecular weight excluding hydrogens is 743 g/mol. The van der Waals surface area contributed by atoms with Gasteiger partial charge in [-0.2, -0.15) is 0 Å². The SMILES string of the molecule is c1ccc(-c2ccc(-c3ccc(N(c4cccc(-c5ccccc5-c5cccc6ccccc56)c4)c4ccccc4-c4cccc5c4sc4ccccc45)cc3)cc2)cc1. The molecule has 0 aliphatic heterocycles. The highest BCUT2D eigenvalue weighted by atomic mass is 32.1. The van der Waals surface area contributed by atoms with Gasteiger partial charge < -0.3 is 4.90 Å². The Bertz CT molecular complexity index is 3300. The number of nitrogens with zero attached hydrogens (tertiary/aromatic N) is 1. The van der Waals surface area contributed by atoms with Gasteiger partial charge in [-0.1, -0.05) is 200 Å². The van der Waals surface area contributed by atoms with Crippen LogP contribution in [-0.4, -0.2) is 0 Å². The van der Waals surface area contributed by atoms with Crippen LogP contribution in [0.15, 0.2) is 237 Å². The van der Waals surface area contributed by atoms with Crippen molar-refractivity contribution < 1.29 is 0 Å². The number of benzene rings is 10. The summed E-state index contributed by atoms with van der Waals surface area (Å²) in [6.45, 7) is 0. The molecule has 282 valence electrons. The Balaban J connectivity index is 1.06. The lowest BCUT2D eigenvalue weighted by Crippen LogP contribution is -2.11. The third-order valence-corrected chi connectivity index (χ3v) is 12.9. The maximum Gasteiger partial charge on any atom is 0.0540 e. The van der Waals surface area contributed by atoms with E-state index in [1.165, 1.54) is 86.6 Å². The van der Waals surface area contributed by atoms with Crippen LogP contribution in [0.2, 0.25) is 0 Å². The molecule has 0 saturated carbocycles. The molecule has 0 amide bonds. The first kappa shape index (κ1) is 35.6. The molecule has 0 fully saturated rings. The summed E-state index contributed by atoms with van der Waals surface area (Å²) in [6.07, 6.45) is 0. The van der Waals surface area contributed by atoms with E-state index in [9.17, 15) is 0 Å². The van der Waals surface area contributed by atoms with Gasteiger partial charge in [0.1, 0.15) is 0 Å². The van der Waals surface area contributed by atoms with E-state index in [2.05, 4.69) is 241 Å². The maximum atomic E-state index is 2.44. The number of anilines is 3. The van der Waals surface area contributed by atoms with Gasteiger partial charge in [-0.3, -0.25) is 0 Å². The van der Waals surface area contributed by atoms with Gasteiger partial charge in [0.25, 0.3) is 0 Å². The number of hydrogen-bond acceptors (Lipinski definition) is 2. The van der Waals surface area contributed by atoms with Gasteiger partial charge >= 0.3 is 0 Å². The molecule has 60 heavy (non-hydrogen) atoms. The average molecular weight is 782 g/mol. The maximum absolute atomic E-state index is 2.44. The van der Waals surface area contributed by atoms with Crippen molar-refractivity contribution in [2.24, 2.45) is 0 Å². The van der Waals surface area contributed by atoms with Crippen LogP contribution in [0.4, 0.5) is 17.1 Å². The van der Waals surface area contributed by atoms with Gasteiger partial charge in [-0.05, 0) is 91.7 Å². The predicted molar refractivity (Wildman–Crippen MR) is 259 cm³/mol. The van der Waals surface area contributed by atoms with Crippen molar-refractivity contribution in [3.8, 4) is 55.6 Å². The summed E-state index contributed by atoms with van der Waals surface area (Å²) in [7, 11) is 0.